The van der Waals surface area contributed by atoms with E-state index in [4.69, 9.17) is 16.3 Å². The Morgan fingerprint density at radius 3 is 2.57 bits per heavy atom. The highest BCUT2D eigenvalue weighted by molar-refractivity contribution is 6.31. The molecule has 0 saturated heterocycles. The van der Waals surface area contributed by atoms with Crippen LogP contribution >= 0.6 is 11.6 Å². The van der Waals surface area contributed by atoms with Crippen LogP contribution < -0.4 is 5.32 Å². The van der Waals surface area contributed by atoms with E-state index in [0.29, 0.717) is 30.7 Å². The number of amides is 1. The van der Waals surface area contributed by atoms with Crippen molar-refractivity contribution in [1.29, 1.82) is 0 Å². The number of nitrogens with one attached hydrogen (secondary N) is 1. The summed E-state index contributed by atoms with van der Waals surface area (Å²) in [5, 5.41) is 13.0. The van der Waals surface area contributed by atoms with Crippen LogP contribution in [0.1, 0.15) is 36.0 Å². The zero-order valence-electron chi connectivity index (χ0n) is 11.8. The van der Waals surface area contributed by atoms with Gasteiger partial charge in [-0.05, 0) is 43.9 Å². The standard InChI is InChI=1S/C15H18ClNO4/c1-21-15(20)9-2-5-11(6-3-9)17-14(19)12-8-10(16)4-7-13(12)18/h4,7-9,11,18H,2-3,5-6H2,1H3,(H,17,19). The number of phenols is 1. The molecule has 0 radical (unpaired) electrons. The van der Waals surface area contributed by atoms with Gasteiger partial charge in [-0.1, -0.05) is 11.6 Å². The number of rotatable bonds is 3. The number of halogens is 1. The molecular weight excluding hydrogens is 294 g/mol. The van der Waals surface area contributed by atoms with Gasteiger partial charge in [0, 0.05) is 11.1 Å². The van der Waals surface area contributed by atoms with Gasteiger partial charge < -0.3 is 15.2 Å². The zero-order valence-corrected chi connectivity index (χ0v) is 12.5. The van der Waals surface area contributed by atoms with Crippen molar-refractivity contribution in [2.45, 2.75) is 31.7 Å². The first-order chi connectivity index (χ1) is 10.0. The molecular formula is C15H18ClNO4. The van der Waals surface area contributed by atoms with Crippen LogP contribution in [0.2, 0.25) is 5.02 Å². The molecule has 1 aromatic carbocycles. The first-order valence-electron chi connectivity index (χ1n) is 6.88. The van der Waals surface area contributed by atoms with E-state index in [1.807, 2.05) is 0 Å². The Morgan fingerprint density at radius 1 is 1.29 bits per heavy atom. The molecule has 0 spiro atoms. The van der Waals surface area contributed by atoms with Gasteiger partial charge in [0.15, 0.2) is 0 Å². The molecule has 0 unspecified atom stereocenters. The lowest BCUT2D eigenvalue weighted by molar-refractivity contribution is -0.146. The summed E-state index contributed by atoms with van der Waals surface area (Å²) in [5.41, 5.74) is 0.164. The largest absolute Gasteiger partial charge is 0.507 e. The predicted octanol–water partition coefficient (Wildman–Crippen LogP) is 2.51. The van der Waals surface area contributed by atoms with Gasteiger partial charge >= 0.3 is 5.97 Å². The van der Waals surface area contributed by atoms with Crippen LogP contribution in [-0.2, 0) is 9.53 Å². The van der Waals surface area contributed by atoms with E-state index >= 15 is 0 Å². The summed E-state index contributed by atoms with van der Waals surface area (Å²) in [6, 6.07) is 4.35. The van der Waals surface area contributed by atoms with Gasteiger partial charge in [-0.2, -0.15) is 0 Å². The van der Waals surface area contributed by atoms with E-state index < -0.39 is 0 Å². The molecule has 1 aliphatic rings. The molecule has 5 nitrogen and oxygen atoms in total. The Balaban J connectivity index is 1.93. The third-order valence-electron chi connectivity index (χ3n) is 3.80. The van der Waals surface area contributed by atoms with Crippen molar-refractivity contribution in [3.05, 3.63) is 28.8 Å². The van der Waals surface area contributed by atoms with Gasteiger partial charge in [-0.25, -0.2) is 0 Å². The predicted molar refractivity (Wildman–Crippen MR) is 78.3 cm³/mol. The van der Waals surface area contributed by atoms with Crippen LogP contribution in [0, 0.1) is 5.92 Å². The van der Waals surface area contributed by atoms with E-state index in [1.165, 1.54) is 25.3 Å². The number of hydrogen-bond acceptors (Lipinski definition) is 4. The van der Waals surface area contributed by atoms with Gasteiger partial charge in [0.1, 0.15) is 5.75 Å². The molecule has 6 heteroatoms. The first kappa shape index (κ1) is 15.6. The smallest absolute Gasteiger partial charge is 0.308 e. The average Bonchev–Trinajstić information content (AvgIpc) is 2.49. The molecule has 0 heterocycles. The molecule has 21 heavy (non-hydrogen) atoms. The van der Waals surface area contributed by atoms with Crippen molar-refractivity contribution in [3.8, 4) is 5.75 Å². The van der Waals surface area contributed by atoms with Gasteiger partial charge in [0.2, 0.25) is 0 Å². The summed E-state index contributed by atoms with van der Waals surface area (Å²) in [6.07, 6.45) is 2.82. The molecule has 0 atom stereocenters. The maximum Gasteiger partial charge on any atom is 0.308 e. The van der Waals surface area contributed by atoms with Crippen molar-refractivity contribution in [1.82, 2.24) is 5.32 Å². The maximum atomic E-state index is 12.1. The minimum atomic E-state index is -0.350. The minimum Gasteiger partial charge on any atom is -0.507 e. The van der Waals surface area contributed by atoms with Gasteiger partial charge in [-0.3, -0.25) is 9.59 Å². The third-order valence-corrected chi connectivity index (χ3v) is 4.04. The highest BCUT2D eigenvalue weighted by Crippen LogP contribution is 2.26. The summed E-state index contributed by atoms with van der Waals surface area (Å²) < 4.78 is 4.73. The topological polar surface area (TPSA) is 75.6 Å². The first-order valence-corrected chi connectivity index (χ1v) is 7.26. The molecule has 0 aliphatic heterocycles. The Kier molecular flexibility index (Phi) is 5.07. The Bertz CT molecular complexity index is 538. The van der Waals surface area contributed by atoms with Crippen molar-refractivity contribution < 1.29 is 19.4 Å². The summed E-state index contributed by atoms with van der Waals surface area (Å²) >= 11 is 5.83. The molecule has 114 valence electrons. The van der Waals surface area contributed by atoms with Crippen LogP contribution in [-0.4, -0.2) is 30.1 Å². The molecule has 1 saturated carbocycles. The normalized spacial score (nSPS) is 21.6. The lowest BCUT2D eigenvalue weighted by atomic mass is 9.86. The molecule has 2 rings (SSSR count). The second-order valence-electron chi connectivity index (χ2n) is 5.21. The highest BCUT2D eigenvalue weighted by Gasteiger charge is 2.28. The van der Waals surface area contributed by atoms with Crippen LogP contribution in [0.3, 0.4) is 0 Å². The third kappa shape index (κ3) is 3.88. The second-order valence-corrected chi connectivity index (χ2v) is 5.64. The monoisotopic (exact) mass is 311 g/mol. The van der Waals surface area contributed by atoms with Crippen LogP contribution in [0.25, 0.3) is 0 Å². The molecule has 1 fully saturated rings. The average molecular weight is 312 g/mol. The number of aromatic hydroxyl groups is 1. The van der Waals surface area contributed by atoms with Gasteiger partial charge in [-0.15, -0.1) is 0 Å². The van der Waals surface area contributed by atoms with Crippen LogP contribution in [0.15, 0.2) is 18.2 Å². The van der Waals surface area contributed by atoms with Crippen LogP contribution in [0.5, 0.6) is 5.75 Å². The van der Waals surface area contributed by atoms with Crippen LogP contribution in [0.4, 0.5) is 0 Å². The minimum absolute atomic E-state index is 0.00297. The van der Waals surface area contributed by atoms with E-state index in [2.05, 4.69) is 5.32 Å². The maximum absolute atomic E-state index is 12.1. The van der Waals surface area contributed by atoms with E-state index in [9.17, 15) is 14.7 Å². The number of methoxy groups -OCH3 is 1. The number of ether oxygens (including phenoxy) is 1. The van der Waals surface area contributed by atoms with E-state index in [0.717, 1.165) is 0 Å². The lowest BCUT2D eigenvalue weighted by Gasteiger charge is -2.27. The van der Waals surface area contributed by atoms with E-state index in [1.54, 1.807) is 0 Å². The Labute approximate surface area is 128 Å². The van der Waals surface area contributed by atoms with Crippen molar-refractivity contribution >= 4 is 23.5 Å². The number of phenolic OH excluding ortho intramolecular Hbond substituents is 1. The zero-order chi connectivity index (χ0) is 15.4. The lowest BCUT2D eigenvalue weighted by Crippen LogP contribution is -2.38. The molecule has 1 amide bonds. The van der Waals surface area contributed by atoms with Crippen molar-refractivity contribution in [2.75, 3.05) is 7.11 Å². The Morgan fingerprint density at radius 2 is 1.95 bits per heavy atom. The van der Waals surface area contributed by atoms with Crippen molar-refractivity contribution in [2.24, 2.45) is 5.92 Å². The summed E-state index contributed by atoms with van der Waals surface area (Å²) in [4.78, 5) is 23.6. The fraction of sp³-hybridized carbons (Fsp3) is 0.467. The van der Waals surface area contributed by atoms with E-state index in [-0.39, 0.29) is 35.1 Å². The van der Waals surface area contributed by atoms with Gasteiger partial charge in [0.25, 0.3) is 5.91 Å². The quantitative estimate of drug-likeness (QED) is 0.841. The fourth-order valence-electron chi connectivity index (χ4n) is 2.59. The molecule has 0 aromatic heterocycles. The summed E-state index contributed by atoms with van der Waals surface area (Å²) in [7, 11) is 1.39. The summed E-state index contributed by atoms with van der Waals surface area (Å²) in [5.74, 6) is -0.716. The second kappa shape index (κ2) is 6.80. The number of hydrogen-bond donors (Lipinski definition) is 2. The summed E-state index contributed by atoms with van der Waals surface area (Å²) in [6.45, 7) is 0. The number of esters is 1. The molecule has 0 bridgehead atoms. The number of carbonyl (C=O) groups excluding carboxylic acids is 2. The Hall–Kier alpha value is -1.75. The highest BCUT2D eigenvalue weighted by atomic mass is 35.5. The fourth-order valence-corrected chi connectivity index (χ4v) is 2.77. The number of benzene rings is 1. The molecule has 2 N–H and O–H groups in total. The number of carbonyl (C=O) groups is 2. The molecule has 1 aromatic rings. The molecule has 1 aliphatic carbocycles. The van der Waals surface area contributed by atoms with Crippen molar-refractivity contribution in [3.63, 3.8) is 0 Å². The SMILES string of the molecule is COC(=O)C1CCC(NC(=O)c2cc(Cl)ccc2O)CC1. The van der Waals surface area contributed by atoms with Gasteiger partial charge in [0.05, 0.1) is 18.6 Å².